The van der Waals surface area contributed by atoms with E-state index in [0.717, 1.165) is 6.07 Å². The summed E-state index contributed by atoms with van der Waals surface area (Å²) in [5.41, 5.74) is -0.821. The van der Waals surface area contributed by atoms with E-state index in [-0.39, 0.29) is 16.4 Å². The lowest BCUT2D eigenvalue weighted by Crippen LogP contribution is -2.19. The van der Waals surface area contributed by atoms with Crippen LogP contribution in [-0.4, -0.2) is 15.7 Å². The maximum absolute atomic E-state index is 12.9. The zero-order valence-electron chi connectivity index (χ0n) is 11.1. The molecule has 1 aromatic heterocycles. The minimum atomic E-state index is -4.56. The largest absolute Gasteiger partial charge is 0.418 e. The number of alkyl halides is 3. The molecular weight excluding hydrogens is 307 g/mol. The number of aromatic nitrogens is 2. The first-order valence-electron chi connectivity index (χ1n) is 5.88. The van der Waals surface area contributed by atoms with Crippen LogP contribution in [0.25, 0.3) is 0 Å². The monoisotopic (exact) mass is 317 g/mol. The number of carbonyl (C=O) groups excluding carboxylic acids is 1. The highest BCUT2D eigenvalue weighted by atomic mass is 35.5. The number of hydrogen-bond donors (Lipinski definition) is 1. The molecule has 8 heteroatoms. The Morgan fingerprint density at radius 3 is 2.48 bits per heavy atom. The Morgan fingerprint density at radius 2 is 1.95 bits per heavy atom. The van der Waals surface area contributed by atoms with Crippen molar-refractivity contribution in [3.8, 4) is 0 Å². The molecule has 0 aliphatic heterocycles. The fraction of sp³-hybridized carbons (Fsp3) is 0.231. The smallest absolute Gasteiger partial charge is 0.320 e. The summed E-state index contributed by atoms with van der Waals surface area (Å²) in [7, 11) is 1.49. The number of nitrogens with zero attached hydrogens (tertiary/aromatic N) is 2. The number of carbonyl (C=O) groups is 1. The molecule has 0 bridgehead atoms. The molecule has 112 valence electrons. The van der Waals surface area contributed by atoms with E-state index in [2.05, 4.69) is 10.4 Å². The Bertz CT molecular complexity index is 694. The van der Waals surface area contributed by atoms with Crippen LogP contribution in [0.5, 0.6) is 0 Å². The van der Waals surface area contributed by atoms with Crippen molar-refractivity contribution in [3.63, 3.8) is 0 Å². The Morgan fingerprint density at radius 1 is 1.33 bits per heavy atom. The van der Waals surface area contributed by atoms with Gasteiger partial charge in [0.2, 0.25) is 0 Å². The molecule has 0 saturated carbocycles. The van der Waals surface area contributed by atoms with Gasteiger partial charge in [-0.05, 0) is 19.1 Å². The van der Waals surface area contributed by atoms with Crippen molar-refractivity contribution in [2.24, 2.45) is 7.05 Å². The van der Waals surface area contributed by atoms with Gasteiger partial charge in [0.25, 0.3) is 5.91 Å². The number of nitrogens with one attached hydrogen (secondary N) is 1. The van der Waals surface area contributed by atoms with Crippen LogP contribution in [0.2, 0.25) is 5.02 Å². The summed E-state index contributed by atoms with van der Waals surface area (Å²) in [5.74, 6) is -0.750. The second kappa shape index (κ2) is 5.40. The molecule has 1 heterocycles. The number of aryl methyl sites for hydroxylation is 2. The predicted molar refractivity (Wildman–Crippen MR) is 72.4 cm³/mol. The van der Waals surface area contributed by atoms with Gasteiger partial charge in [0, 0.05) is 7.05 Å². The molecule has 0 aliphatic rings. The van der Waals surface area contributed by atoms with E-state index in [1.54, 1.807) is 6.92 Å². The summed E-state index contributed by atoms with van der Waals surface area (Å²) < 4.78 is 39.8. The van der Waals surface area contributed by atoms with Crippen molar-refractivity contribution in [1.29, 1.82) is 0 Å². The molecule has 2 rings (SSSR count). The zero-order valence-corrected chi connectivity index (χ0v) is 11.9. The van der Waals surface area contributed by atoms with Crippen LogP contribution < -0.4 is 5.32 Å². The molecule has 0 unspecified atom stereocenters. The Hall–Kier alpha value is -2.02. The van der Waals surface area contributed by atoms with Crippen molar-refractivity contribution in [2.45, 2.75) is 13.1 Å². The highest BCUT2D eigenvalue weighted by Gasteiger charge is 2.34. The summed E-state index contributed by atoms with van der Waals surface area (Å²) >= 11 is 5.94. The number of hydrogen-bond acceptors (Lipinski definition) is 2. The van der Waals surface area contributed by atoms with Crippen molar-refractivity contribution in [1.82, 2.24) is 9.78 Å². The van der Waals surface area contributed by atoms with Gasteiger partial charge in [-0.2, -0.15) is 18.3 Å². The van der Waals surface area contributed by atoms with Crippen LogP contribution in [0.15, 0.2) is 24.3 Å². The van der Waals surface area contributed by atoms with Crippen molar-refractivity contribution >= 4 is 23.2 Å². The van der Waals surface area contributed by atoms with Gasteiger partial charge >= 0.3 is 6.18 Å². The molecule has 0 atom stereocenters. The second-order valence-corrected chi connectivity index (χ2v) is 4.75. The van der Waals surface area contributed by atoms with Crippen LogP contribution in [0.1, 0.15) is 21.7 Å². The predicted octanol–water partition coefficient (Wildman–Crippen LogP) is 3.65. The summed E-state index contributed by atoms with van der Waals surface area (Å²) in [6.07, 6.45) is -4.56. The molecule has 0 aliphatic carbocycles. The topological polar surface area (TPSA) is 46.9 Å². The quantitative estimate of drug-likeness (QED) is 0.919. The number of halogens is 4. The van der Waals surface area contributed by atoms with Crippen molar-refractivity contribution in [3.05, 3.63) is 46.2 Å². The molecule has 2 aromatic rings. The first-order chi connectivity index (χ1) is 9.71. The van der Waals surface area contributed by atoms with Gasteiger partial charge in [-0.1, -0.05) is 23.7 Å². The molecule has 4 nitrogen and oxygen atoms in total. The van der Waals surface area contributed by atoms with Gasteiger partial charge in [-0.15, -0.1) is 0 Å². The maximum atomic E-state index is 12.9. The number of anilines is 1. The molecule has 1 aromatic carbocycles. The second-order valence-electron chi connectivity index (χ2n) is 4.37. The zero-order chi connectivity index (χ0) is 15.8. The van der Waals surface area contributed by atoms with Gasteiger partial charge in [-0.3, -0.25) is 9.48 Å². The molecule has 0 saturated heterocycles. The van der Waals surface area contributed by atoms with Crippen molar-refractivity contribution in [2.75, 3.05) is 5.32 Å². The molecule has 0 fully saturated rings. The SMILES string of the molecule is Cc1nn(C)c(C(=O)Nc2ccccc2C(F)(F)F)c1Cl. The average molecular weight is 318 g/mol. The van der Waals surface area contributed by atoms with E-state index in [9.17, 15) is 18.0 Å². The fourth-order valence-electron chi connectivity index (χ4n) is 1.90. The summed E-state index contributed by atoms with van der Waals surface area (Å²) in [5, 5.41) is 6.28. The van der Waals surface area contributed by atoms with E-state index in [4.69, 9.17) is 11.6 Å². The Kier molecular flexibility index (Phi) is 3.95. The fourth-order valence-corrected chi connectivity index (χ4v) is 2.15. The average Bonchev–Trinajstić information content (AvgIpc) is 2.62. The van der Waals surface area contributed by atoms with E-state index >= 15 is 0 Å². The standard InChI is InChI=1S/C13H11ClF3N3O/c1-7-10(14)11(20(2)19-7)12(21)18-9-6-4-3-5-8(9)13(15,16)17/h3-6H,1-2H3,(H,18,21). The highest BCUT2D eigenvalue weighted by Crippen LogP contribution is 2.35. The van der Waals surface area contributed by atoms with Crippen molar-refractivity contribution < 1.29 is 18.0 Å². The lowest BCUT2D eigenvalue weighted by atomic mass is 10.1. The highest BCUT2D eigenvalue weighted by molar-refractivity contribution is 6.34. The van der Waals surface area contributed by atoms with Gasteiger partial charge in [0.05, 0.1) is 22.0 Å². The van der Waals surface area contributed by atoms with Crippen LogP contribution in [0.4, 0.5) is 18.9 Å². The first-order valence-corrected chi connectivity index (χ1v) is 6.26. The lowest BCUT2D eigenvalue weighted by Gasteiger charge is -2.13. The molecule has 0 radical (unpaired) electrons. The van der Waals surface area contributed by atoms with E-state index < -0.39 is 17.6 Å². The van der Waals surface area contributed by atoms with Gasteiger partial charge in [0.1, 0.15) is 5.69 Å². The summed E-state index contributed by atoms with van der Waals surface area (Å²) in [4.78, 5) is 12.1. The van der Waals surface area contributed by atoms with Crippen LogP contribution in [0.3, 0.4) is 0 Å². The number of benzene rings is 1. The molecule has 0 spiro atoms. The third kappa shape index (κ3) is 3.02. The third-order valence-electron chi connectivity index (χ3n) is 2.84. The van der Waals surface area contributed by atoms with E-state index in [1.165, 1.54) is 29.9 Å². The van der Waals surface area contributed by atoms with Gasteiger partial charge < -0.3 is 5.32 Å². The van der Waals surface area contributed by atoms with Crippen LogP contribution >= 0.6 is 11.6 Å². The van der Waals surface area contributed by atoms with Gasteiger partial charge in [-0.25, -0.2) is 0 Å². The number of amides is 1. The normalized spacial score (nSPS) is 11.5. The number of rotatable bonds is 2. The molecule has 1 amide bonds. The Balaban J connectivity index is 2.37. The minimum Gasteiger partial charge on any atom is -0.320 e. The maximum Gasteiger partial charge on any atom is 0.418 e. The molecule has 21 heavy (non-hydrogen) atoms. The summed E-state index contributed by atoms with van der Waals surface area (Å²) in [6.45, 7) is 1.60. The molecular formula is C13H11ClF3N3O. The molecule has 1 N–H and O–H groups in total. The first kappa shape index (κ1) is 15.4. The van der Waals surface area contributed by atoms with Crippen LogP contribution in [-0.2, 0) is 13.2 Å². The lowest BCUT2D eigenvalue weighted by molar-refractivity contribution is -0.136. The number of para-hydroxylation sites is 1. The Labute approximate surface area is 123 Å². The third-order valence-corrected chi connectivity index (χ3v) is 3.30. The minimum absolute atomic E-state index is 0.00569. The van der Waals surface area contributed by atoms with E-state index in [0.29, 0.717) is 5.69 Å². The summed E-state index contributed by atoms with van der Waals surface area (Å²) in [6, 6.07) is 4.73. The van der Waals surface area contributed by atoms with Crippen LogP contribution in [0, 0.1) is 6.92 Å². The van der Waals surface area contributed by atoms with E-state index in [1.807, 2.05) is 0 Å². The van der Waals surface area contributed by atoms with Gasteiger partial charge in [0.15, 0.2) is 0 Å².